The lowest BCUT2D eigenvalue weighted by atomic mass is 10.2. The van der Waals surface area contributed by atoms with Gasteiger partial charge < -0.3 is 19.9 Å². The molecule has 7 nitrogen and oxygen atoms in total. The Morgan fingerprint density at radius 2 is 1.67 bits per heavy atom. The topological polar surface area (TPSA) is 81.4 Å². The lowest BCUT2D eigenvalue weighted by molar-refractivity contribution is 0.117. The van der Waals surface area contributed by atoms with Gasteiger partial charge in [0.15, 0.2) is 5.82 Å². The highest BCUT2D eigenvalue weighted by Gasteiger charge is 2.18. The molecule has 2 N–H and O–H groups in total. The van der Waals surface area contributed by atoms with Crippen molar-refractivity contribution in [1.29, 1.82) is 0 Å². The van der Waals surface area contributed by atoms with Gasteiger partial charge in [0.25, 0.3) is 0 Å². The lowest BCUT2D eigenvalue weighted by Crippen LogP contribution is -2.26. The number of hydrogen-bond donors (Lipinski definition) is 2. The van der Waals surface area contributed by atoms with Crippen LogP contribution in [0.3, 0.4) is 0 Å². The van der Waals surface area contributed by atoms with E-state index in [2.05, 4.69) is 15.4 Å². The van der Waals surface area contributed by atoms with Crippen molar-refractivity contribution in [3.63, 3.8) is 0 Å². The summed E-state index contributed by atoms with van der Waals surface area (Å²) in [4.78, 5) is 4.45. The molecule has 4 rings (SSSR count). The molecule has 0 aliphatic carbocycles. The first-order chi connectivity index (χ1) is 17.4. The van der Waals surface area contributed by atoms with E-state index < -0.39 is 6.10 Å². The number of aliphatic hydroxyl groups is 1. The van der Waals surface area contributed by atoms with Gasteiger partial charge in [-0.25, -0.2) is 9.07 Å². The summed E-state index contributed by atoms with van der Waals surface area (Å²) in [5, 5.41) is 18.0. The van der Waals surface area contributed by atoms with Crippen molar-refractivity contribution >= 4 is 5.69 Å². The highest BCUT2D eigenvalue weighted by molar-refractivity contribution is 5.60. The number of ether oxygens (including phenoxy) is 2. The van der Waals surface area contributed by atoms with Crippen molar-refractivity contribution in [1.82, 2.24) is 14.8 Å². The maximum Gasteiger partial charge on any atom is 0.336 e. The van der Waals surface area contributed by atoms with Crippen LogP contribution in [-0.2, 0) is 0 Å². The van der Waals surface area contributed by atoms with Gasteiger partial charge in [0.05, 0.1) is 17.9 Å². The Morgan fingerprint density at radius 1 is 0.944 bits per heavy atom. The minimum atomic E-state index is -0.687. The third kappa shape index (κ3) is 6.40. The van der Waals surface area contributed by atoms with Gasteiger partial charge in [-0.2, -0.15) is 4.98 Å². The van der Waals surface area contributed by atoms with Gasteiger partial charge in [0.2, 0.25) is 0 Å². The van der Waals surface area contributed by atoms with E-state index in [-0.39, 0.29) is 18.4 Å². The first kappa shape index (κ1) is 25.2. The first-order valence-corrected chi connectivity index (χ1v) is 12.0. The van der Waals surface area contributed by atoms with Gasteiger partial charge in [0, 0.05) is 12.2 Å². The fourth-order valence-electron chi connectivity index (χ4n) is 3.51. The van der Waals surface area contributed by atoms with Crippen LogP contribution in [0.1, 0.15) is 19.4 Å². The second kappa shape index (κ2) is 11.7. The van der Waals surface area contributed by atoms with Gasteiger partial charge in [-0.3, -0.25) is 0 Å². The Kier molecular flexibility index (Phi) is 8.17. The molecule has 0 saturated heterocycles. The number of halogens is 1. The number of aromatic nitrogens is 3. The second-order valence-electron chi connectivity index (χ2n) is 8.97. The number of aliphatic hydroxyl groups excluding tert-OH is 1. The zero-order chi connectivity index (χ0) is 25.5. The molecule has 0 aliphatic rings. The number of hydrogen-bond acceptors (Lipinski definition) is 6. The molecule has 8 heteroatoms. The summed E-state index contributed by atoms with van der Waals surface area (Å²) in [6.07, 6.45) is -0.687. The third-order valence-electron chi connectivity index (χ3n) is 5.43. The molecule has 0 bridgehead atoms. The van der Waals surface area contributed by atoms with Crippen LogP contribution in [0, 0.1) is 18.7 Å². The number of aryl methyl sites for hydroxylation is 1. The summed E-state index contributed by atoms with van der Waals surface area (Å²) in [5.74, 6) is 1.03. The van der Waals surface area contributed by atoms with E-state index in [0.717, 1.165) is 17.0 Å². The smallest absolute Gasteiger partial charge is 0.336 e. The molecule has 4 aromatic rings. The zero-order valence-electron chi connectivity index (χ0n) is 20.7. The molecule has 0 unspecified atom stereocenters. The third-order valence-corrected chi connectivity index (χ3v) is 5.43. The molecule has 0 amide bonds. The minimum Gasteiger partial charge on any atom is -0.491 e. The number of anilines is 1. The van der Waals surface area contributed by atoms with E-state index in [4.69, 9.17) is 9.47 Å². The largest absolute Gasteiger partial charge is 0.491 e. The average molecular weight is 491 g/mol. The fraction of sp³-hybridized carbons (Fsp3) is 0.286. The molecular weight excluding hydrogens is 459 g/mol. The maximum atomic E-state index is 14.6. The van der Waals surface area contributed by atoms with Crippen LogP contribution in [0.25, 0.3) is 17.1 Å². The van der Waals surface area contributed by atoms with E-state index in [1.807, 2.05) is 69.3 Å². The summed E-state index contributed by atoms with van der Waals surface area (Å²) < 4.78 is 27.6. The van der Waals surface area contributed by atoms with Crippen molar-refractivity contribution in [3.05, 3.63) is 84.2 Å². The summed E-state index contributed by atoms with van der Waals surface area (Å²) >= 11 is 0. The summed E-state index contributed by atoms with van der Waals surface area (Å²) in [6.45, 7) is 6.99. The molecular formula is C28H31FN4O3. The van der Waals surface area contributed by atoms with Crippen molar-refractivity contribution in [2.45, 2.75) is 26.9 Å². The molecule has 0 fully saturated rings. The zero-order valence-corrected chi connectivity index (χ0v) is 20.7. The van der Waals surface area contributed by atoms with Gasteiger partial charge in [0.1, 0.15) is 24.3 Å². The maximum absolute atomic E-state index is 14.6. The average Bonchev–Trinajstić information content (AvgIpc) is 3.30. The fourth-order valence-corrected chi connectivity index (χ4v) is 3.51. The normalized spacial score (nSPS) is 11.9. The SMILES string of the molecule is Cc1ccccc1OC[C@H](O)CNc1ccc(-n2nc(OCC(C)C)nc2-c2ccccc2F)cc1. The van der Waals surface area contributed by atoms with Crippen LogP contribution < -0.4 is 14.8 Å². The number of para-hydroxylation sites is 1. The van der Waals surface area contributed by atoms with Crippen LogP contribution in [0.2, 0.25) is 0 Å². The van der Waals surface area contributed by atoms with E-state index >= 15 is 0 Å². The highest BCUT2D eigenvalue weighted by atomic mass is 19.1. The molecule has 0 spiro atoms. The highest BCUT2D eigenvalue weighted by Crippen LogP contribution is 2.26. The Labute approximate surface area is 210 Å². The molecule has 0 aliphatic heterocycles. The van der Waals surface area contributed by atoms with Crippen LogP contribution >= 0.6 is 0 Å². The number of rotatable bonds is 11. The Balaban J connectivity index is 1.44. The molecule has 0 radical (unpaired) electrons. The number of nitrogens with zero attached hydrogens (tertiary/aromatic N) is 3. The molecule has 188 valence electrons. The Morgan fingerprint density at radius 3 is 2.39 bits per heavy atom. The standard InChI is InChI=1S/C28H31FN4O3/c1-19(2)17-36-28-31-27(24-9-5-6-10-25(24)29)33(32-28)22-14-12-21(13-15-22)30-16-23(34)18-35-26-11-7-4-8-20(26)3/h4-15,19,23,30,34H,16-18H2,1-3H3/t23-/m1/s1. The summed E-state index contributed by atoms with van der Waals surface area (Å²) in [7, 11) is 0. The van der Waals surface area contributed by atoms with E-state index in [1.165, 1.54) is 6.07 Å². The van der Waals surface area contributed by atoms with E-state index in [1.54, 1.807) is 22.9 Å². The Bertz CT molecular complexity index is 1270. The summed E-state index contributed by atoms with van der Waals surface area (Å²) in [5.41, 5.74) is 2.88. The van der Waals surface area contributed by atoms with Gasteiger partial charge in [-0.05, 0) is 60.9 Å². The van der Waals surface area contributed by atoms with Crippen LogP contribution in [0.5, 0.6) is 11.8 Å². The van der Waals surface area contributed by atoms with E-state index in [9.17, 15) is 9.50 Å². The van der Waals surface area contributed by atoms with E-state index in [0.29, 0.717) is 36.1 Å². The monoisotopic (exact) mass is 490 g/mol. The predicted octanol–water partition coefficient (Wildman–Crippen LogP) is 5.27. The van der Waals surface area contributed by atoms with Crippen LogP contribution in [0.15, 0.2) is 72.8 Å². The predicted molar refractivity (Wildman–Crippen MR) is 138 cm³/mol. The Hall–Kier alpha value is -3.91. The van der Waals surface area contributed by atoms with Crippen molar-refractivity contribution < 1.29 is 19.0 Å². The van der Waals surface area contributed by atoms with Crippen LogP contribution in [-0.4, -0.2) is 45.7 Å². The van der Waals surface area contributed by atoms with Crippen molar-refractivity contribution in [2.75, 3.05) is 25.1 Å². The second-order valence-corrected chi connectivity index (χ2v) is 8.97. The lowest BCUT2D eigenvalue weighted by Gasteiger charge is -2.15. The molecule has 36 heavy (non-hydrogen) atoms. The molecule has 0 saturated carbocycles. The number of benzene rings is 3. The molecule has 3 aromatic carbocycles. The molecule has 1 heterocycles. The van der Waals surface area contributed by atoms with Crippen molar-refractivity contribution in [3.8, 4) is 28.8 Å². The van der Waals surface area contributed by atoms with Gasteiger partial charge in [-0.15, -0.1) is 5.10 Å². The van der Waals surface area contributed by atoms with Crippen molar-refractivity contribution in [2.24, 2.45) is 5.92 Å². The first-order valence-electron chi connectivity index (χ1n) is 12.0. The molecule has 1 aromatic heterocycles. The van der Waals surface area contributed by atoms with Gasteiger partial charge in [-0.1, -0.05) is 44.2 Å². The molecule has 1 atom stereocenters. The van der Waals surface area contributed by atoms with Crippen LogP contribution in [0.4, 0.5) is 10.1 Å². The minimum absolute atomic E-state index is 0.181. The van der Waals surface area contributed by atoms with Gasteiger partial charge >= 0.3 is 6.01 Å². The summed E-state index contributed by atoms with van der Waals surface area (Å²) in [6, 6.07) is 21.8. The number of nitrogens with one attached hydrogen (secondary N) is 1. The quantitative estimate of drug-likeness (QED) is 0.298.